The Kier molecular flexibility index (Phi) is 7.77. The minimum atomic E-state index is -1.35. The first-order valence-electron chi connectivity index (χ1n) is 8.10. The number of carbonyl (C=O) groups is 4. The van der Waals surface area contributed by atoms with Crippen molar-refractivity contribution < 1.29 is 39.6 Å². The van der Waals surface area contributed by atoms with E-state index >= 15 is 0 Å². The molecule has 1 aromatic carbocycles. The summed E-state index contributed by atoms with van der Waals surface area (Å²) in [6.45, 7) is 1.61. The zero-order valence-electron chi connectivity index (χ0n) is 14.2. The van der Waals surface area contributed by atoms with E-state index in [0.29, 0.717) is 5.56 Å². The van der Waals surface area contributed by atoms with Gasteiger partial charge in [-0.25, -0.2) is 0 Å². The van der Waals surface area contributed by atoms with Gasteiger partial charge in [0, 0.05) is 0 Å². The Hall–Kier alpha value is -2.90. The van der Waals surface area contributed by atoms with E-state index < -0.39 is 54.0 Å². The average Bonchev–Trinajstić information content (AvgIpc) is 2.56. The number of carboxylic acids is 4. The van der Waals surface area contributed by atoms with Gasteiger partial charge in [0.2, 0.25) is 0 Å². The lowest BCUT2D eigenvalue weighted by Gasteiger charge is -2.27. The normalized spacial score (nSPS) is 15.4. The SMILES string of the molecule is CC(c1ccccc1)C(C(=O)O)C(CCC(CC(=O)O)C(=O)O)C(=O)O. The summed E-state index contributed by atoms with van der Waals surface area (Å²) in [4.78, 5) is 45.3. The van der Waals surface area contributed by atoms with Crippen molar-refractivity contribution in [2.24, 2.45) is 17.8 Å². The maximum atomic E-state index is 11.7. The molecule has 0 saturated carbocycles. The Balaban J connectivity index is 3.03. The monoisotopic (exact) mass is 366 g/mol. The third-order valence-corrected chi connectivity index (χ3v) is 4.50. The van der Waals surface area contributed by atoms with Crippen LogP contribution in [0.4, 0.5) is 0 Å². The summed E-state index contributed by atoms with van der Waals surface area (Å²) in [6, 6.07) is 8.58. The molecule has 4 N–H and O–H groups in total. The van der Waals surface area contributed by atoms with Crippen LogP contribution in [0, 0.1) is 17.8 Å². The Morgan fingerprint density at radius 3 is 1.85 bits per heavy atom. The predicted octanol–water partition coefficient (Wildman–Crippen LogP) is 2.15. The molecule has 8 nitrogen and oxygen atoms in total. The molecular weight excluding hydrogens is 344 g/mol. The van der Waals surface area contributed by atoms with Crippen LogP contribution in [0.2, 0.25) is 0 Å². The Labute approximate surface area is 150 Å². The van der Waals surface area contributed by atoms with Gasteiger partial charge in [-0.05, 0) is 24.3 Å². The second-order valence-electron chi connectivity index (χ2n) is 6.22. The van der Waals surface area contributed by atoms with E-state index in [1.165, 1.54) is 0 Å². The molecule has 0 heterocycles. The van der Waals surface area contributed by atoms with Gasteiger partial charge in [0.25, 0.3) is 0 Å². The number of hydrogen-bond donors (Lipinski definition) is 4. The number of hydrogen-bond acceptors (Lipinski definition) is 4. The molecule has 0 fully saturated rings. The minimum absolute atomic E-state index is 0.232. The average molecular weight is 366 g/mol. The predicted molar refractivity (Wildman–Crippen MR) is 89.7 cm³/mol. The van der Waals surface area contributed by atoms with Crippen LogP contribution in [0.25, 0.3) is 0 Å². The lowest BCUT2D eigenvalue weighted by molar-refractivity contribution is -0.155. The van der Waals surface area contributed by atoms with Crippen molar-refractivity contribution in [3.05, 3.63) is 35.9 Å². The maximum Gasteiger partial charge on any atom is 0.307 e. The van der Waals surface area contributed by atoms with E-state index in [-0.39, 0.29) is 12.8 Å². The molecule has 0 radical (unpaired) electrons. The molecule has 1 rings (SSSR count). The lowest BCUT2D eigenvalue weighted by atomic mass is 9.76. The highest BCUT2D eigenvalue weighted by atomic mass is 16.4. The summed E-state index contributed by atoms with van der Waals surface area (Å²) < 4.78 is 0. The van der Waals surface area contributed by atoms with Crippen molar-refractivity contribution in [2.45, 2.75) is 32.1 Å². The van der Waals surface area contributed by atoms with E-state index in [1.807, 2.05) is 0 Å². The molecule has 0 aliphatic rings. The van der Waals surface area contributed by atoms with Crippen molar-refractivity contribution in [1.29, 1.82) is 0 Å². The summed E-state index contributed by atoms with van der Waals surface area (Å²) in [5, 5.41) is 36.9. The van der Waals surface area contributed by atoms with Crippen LogP contribution in [0.15, 0.2) is 30.3 Å². The van der Waals surface area contributed by atoms with E-state index in [0.717, 1.165) is 0 Å². The first-order valence-corrected chi connectivity index (χ1v) is 8.10. The van der Waals surface area contributed by atoms with E-state index in [4.69, 9.17) is 10.2 Å². The van der Waals surface area contributed by atoms with Gasteiger partial charge >= 0.3 is 23.9 Å². The quantitative estimate of drug-likeness (QED) is 0.465. The molecule has 0 aliphatic heterocycles. The van der Waals surface area contributed by atoms with Gasteiger partial charge in [0.1, 0.15) is 0 Å². The third kappa shape index (κ3) is 5.87. The molecule has 26 heavy (non-hydrogen) atoms. The van der Waals surface area contributed by atoms with Crippen molar-refractivity contribution >= 4 is 23.9 Å². The fraction of sp³-hybridized carbons (Fsp3) is 0.444. The molecule has 4 atom stereocenters. The van der Waals surface area contributed by atoms with Crippen molar-refractivity contribution in [1.82, 2.24) is 0 Å². The van der Waals surface area contributed by atoms with Crippen LogP contribution in [-0.2, 0) is 19.2 Å². The molecule has 0 saturated heterocycles. The first kappa shape index (κ1) is 21.1. The van der Waals surface area contributed by atoms with E-state index in [9.17, 15) is 29.4 Å². The molecule has 0 spiro atoms. The van der Waals surface area contributed by atoms with Gasteiger partial charge in [-0.15, -0.1) is 0 Å². The van der Waals surface area contributed by atoms with Gasteiger partial charge in [0.15, 0.2) is 0 Å². The van der Waals surface area contributed by atoms with Gasteiger partial charge < -0.3 is 20.4 Å². The molecule has 0 aliphatic carbocycles. The van der Waals surface area contributed by atoms with Gasteiger partial charge in [0.05, 0.1) is 24.2 Å². The maximum absolute atomic E-state index is 11.7. The summed E-state index contributed by atoms with van der Waals surface area (Å²) in [6.07, 6.45) is -1.12. The van der Waals surface area contributed by atoms with E-state index in [1.54, 1.807) is 37.3 Å². The highest BCUT2D eigenvalue weighted by Crippen LogP contribution is 2.34. The van der Waals surface area contributed by atoms with E-state index in [2.05, 4.69) is 0 Å². The molecule has 0 bridgehead atoms. The highest BCUT2D eigenvalue weighted by molar-refractivity contribution is 5.81. The van der Waals surface area contributed by atoms with Gasteiger partial charge in [-0.2, -0.15) is 0 Å². The van der Waals surface area contributed by atoms with Crippen LogP contribution in [0.5, 0.6) is 0 Å². The molecule has 0 amide bonds. The van der Waals surface area contributed by atoms with Crippen LogP contribution < -0.4 is 0 Å². The lowest BCUT2D eigenvalue weighted by Crippen LogP contribution is -2.34. The third-order valence-electron chi connectivity index (χ3n) is 4.50. The van der Waals surface area contributed by atoms with Crippen LogP contribution in [-0.4, -0.2) is 44.3 Å². The summed E-state index contributed by atoms with van der Waals surface area (Å²) in [7, 11) is 0. The Morgan fingerprint density at radius 2 is 1.42 bits per heavy atom. The standard InChI is InChI=1S/C18H22O8/c1-10(11-5-3-2-4-6-11)15(18(25)26)13(17(23)24)8-7-12(16(21)22)9-14(19)20/h2-6,10,12-13,15H,7-9H2,1H3,(H,19,20)(H,21,22)(H,23,24)(H,25,26). The smallest absolute Gasteiger partial charge is 0.307 e. The Bertz CT molecular complexity index is 654. The fourth-order valence-electron chi connectivity index (χ4n) is 3.06. The van der Waals surface area contributed by atoms with Crippen LogP contribution >= 0.6 is 0 Å². The summed E-state index contributed by atoms with van der Waals surface area (Å²) in [5.74, 6) is -9.78. The minimum Gasteiger partial charge on any atom is -0.481 e. The van der Waals surface area contributed by atoms with Crippen LogP contribution in [0.3, 0.4) is 0 Å². The van der Waals surface area contributed by atoms with Gasteiger partial charge in [-0.3, -0.25) is 19.2 Å². The largest absolute Gasteiger partial charge is 0.481 e. The molecule has 1 aromatic rings. The molecule has 8 heteroatoms. The first-order chi connectivity index (χ1) is 12.1. The summed E-state index contributed by atoms with van der Waals surface area (Å²) in [5.41, 5.74) is 0.659. The zero-order valence-corrected chi connectivity index (χ0v) is 14.2. The van der Waals surface area contributed by atoms with Crippen LogP contribution in [0.1, 0.15) is 37.7 Å². The topological polar surface area (TPSA) is 149 Å². The number of aliphatic carboxylic acids is 4. The molecule has 0 aromatic heterocycles. The number of benzene rings is 1. The molecule has 142 valence electrons. The van der Waals surface area contributed by atoms with Crippen molar-refractivity contribution in [3.63, 3.8) is 0 Å². The number of carboxylic acid groups (broad SMARTS) is 4. The molecule has 4 unspecified atom stereocenters. The summed E-state index contributed by atoms with van der Waals surface area (Å²) >= 11 is 0. The van der Waals surface area contributed by atoms with Gasteiger partial charge in [-0.1, -0.05) is 37.3 Å². The van der Waals surface area contributed by atoms with Crippen molar-refractivity contribution in [2.75, 3.05) is 0 Å². The Morgan fingerprint density at radius 1 is 0.846 bits per heavy atom. The second kappa shape index (κ2) is 9.55. The van der Waals surface area contributed by atoms with Crippen molar-refractivity contribution in [3.8, 4) is 0 Å². The zero-order chi connectivity index (χ0) is 19.9. The fourth-order valence-corrected chi connectivity index (χ4v) is 3.06. The highest BCUT2D eigenvalue weighted by Gasteiger charge is 2.39. The number of rotatable bonds is 11. The second-order valence-corrected chi connectivity index (χ2v) is 6.22. The molecular formula is C18H22O8.